The highest BCUT2D eigenvalue weighted by Crippen LogP contribution is 2.27. The standard InChI is InChI=1S/C25H29NO2/c1-18-14-23(15-19(2)25(18)16-26-12-13-27)28-17-22-10-7-11-24(20(22)3)21-8-5-4-6-9-21/h4-11,14-15,26-27H,12-13,16-17H2,1-3H3. The number of benzene rings is 3. The SMILES string of the molecule is Cc1cc(OCc2cccc(-c3ccccc3)c2C)cc(C)c1CNCCO. The van der Waals surface area contributed by atoms with E-state index in [0.29, 0.717) is 13.2 Å². The van der Waals surface area contributed by atoms with Crippen molar-refractivity contribution in [3.63, 3.8) is 0 Å². The largest absolute Gasteiger partial charge is 0.489 e. The fraction of sp³-hybridized carbons (Fsp3) is 0.280. The molecule has 0 fully saturated rings. The van der Waals surface area contributed by atoms with Gasteiger partial charge >= 0.3 is 0 Å². The molecule has 0 amide bonds. The summed E-state index contributed by atoms with van der Waals surface area (Å²) in [6.07, 6.45) is 0. The van der Waals surface area contributed by atoms with Gasteiger partial charge in [0.2, 0.25) is 0 Å². The molecule has 3 aromatic rings. The van der Waals surface area contributed by atoms with E-state index in [1.54, 1.807) is 0 Å². The number of aliphatic hydroxyl groups is 1. The Morgan fingerprint density at radius 1 is 0.893 bits per heavy atom. The second-order valence-electron chi connectivity index (χ2n) is 7.18. The van der Waals surface area contributed by atoms with Gasteiger partial charge in [0.1, 0.15) is 12.4 Å². The van der Waals surface area contributed by atoms with Crippen LogP contribution in [0.25, 0.3) is 11.1 Å². The minimum absolute atomic E-state index is 0.153. The third-order valence-electron chi connectivity index (χ3n) is 5.19. The molecule has 0 bridgehead atoms. The quantitative estimate of drug-likeness (QED) is 0.548. The number of hydrogen-bond donors (Lipinski definition) is 2. The van der Waals surface area contributed by atoms with Gasteiger partial charge < -0.3 is 15.2 Å². The van der Waals surface area contributed by atoms with Crippen molar-refractivity contribution in [3.05, 3.63) is 88.5 Å². The van der Waals surface area contributed by atoms with Crippen molar-refractivity contribution in [2.24, 2.45) is 0 Å². The lowest BCUT2D eigenvalue weighted by Gasteiger charge is -2.16. The molecule has 0 heterocycles. The highest BCUT2D eigenvalue weighted by Gasteiger charge is 2.09. The van der Waals surface area contributed by atoms with Gasteiger partial charge in [-0.05, 0) is 71.8 Å². The lowest BCUT2D eigenvalue weighted by Crippen LogP contribution is -2.18. The predicted octanol–water partition coefficient (Wildman–Crippen LogP) is 4.94. The van der Waals surface area contributed by atoms with E-state index in [1.807, 2.05) is 6.07 Å². The van der Waals surface area contributed by atoms with Crippen LogP contribution >= 0.6 is 0 Å². The van der Waals surface area contributed by atoms with Crippen molar-refractivity contribution in [2.45, 2.75) is 33.9 Å². The fourth-order valence-electron chi connectivity index (χ4n) is 3.54. The van der Waals surface area contributed by atoms with Gasteiger partial charge in [-0.3, -0.25) is 0 Å². The normalized spacial score (nSPS) is 10.9. The van der Waals surface area contributed by atoms with Crippen LogP contribution in [0.2, 0.25) is 0 Å². The van der Waals surface area contributed by atoms with Crippen LogP contribution in [0.3, 0.4) is 0 Å². The highest BCUT2D eigenvalue weighted by atomic mass is 16.5. The van der Waals surface area contributed by atoms with E-state index >= 15 is 0 Å². The van der Waals surface area contributed by atoms with E-state index in [2.05, 4.69) is 80.7 Å². The summed E-state index contributed by atoms with van der Waals surface area (Å²) in [6, 6.07) is 21.1. The van der Waals surface area contributed by atoms with Gasteiger partial charge in [0, 0.05) is 13.1 Å². The van der Waals surface area contributed by atoms with Crippen LogP contribution in [-0.4, -0.2) is 18.3 Å². The molecule has 0 atom stereocenters. The van der Waals surface area contributed by atoms with Gasteiger partial charge in [0.15, 0.2) is 0 Å². The number of aliphatic hydroxyl groups excluding tert-OH is 1. The molecule has 0 unspecified atom stereocenters. The van der Waals surface area contributed by atoms with E-state index in [-0.39, 0.29) is 6.61 Å². The second kappa shape index (κ2) is 9.54. The maximum atomic E-state index is 8.94. The van der Waals surface area contributed by atoms with Gasteiger partial charge in [-0.15, -0.1) is 0 Å². The molecule has 28 heavy (non-hydrogen) atoms. The van der Waals surface area contributed by atoms with Crippen LogP contribution in [0.15, 0.2) is 60.7 Å². The van der Waals surface area contributed by atoms with Crippen LogP contribution in [0.4, 0.5) is 0 Å². The zero-order valence-electron chi connectivity index (χ0n) is 17.0. The van der Waals surface area contributed by atoms with Gasteiger partial charge in [-0.25, -0.2) is 0 Å². The summed E-state index contributed by atoms with van der Waals surface area (Å²) in [5.41, 5.74) is 8.61. The van der Waals surface area contributed by atoms with E-state index in [0.717, 1.165) is 12.3 Å². The van der Waals surface area contributed by atoms with Gasteiger partial charge in [-0.2, -0.15) is 0 Å². The minimum Gasteiger partial charge on any atom is -0.489 e. The number of hydrogen-bond acceptors (Lipinski definition) is 3. The topological polar surface area (TPSA) is 41.5 Å². The Morgan fingerprint density at radius 3 is 2.29 bits per heavy atom. The molecule has 0 aliphatic rings. The summed E-state index contributed by atoms with van der Waals surface area (Å²) in [7, 11) is 0. The molecule has 0 saturated carbocycles. The van der Waals surface area contributed by atoms with Gasteiger partial charge in [0.25, 0.3) is 0 Å². The average Bonchev–Trinajstić information content (AvgIpc) is 2.70. The Morgan fingerprint density at radius 2 is 1.61 bits per heavy atom. The first-order chi connectivity index (χ1) is 13.6. The van der Waals surface area contributed by atoms with Crippen molar-refractivity contribution in [1.82, 2.24) is 5.32 Å². The molecule has 0 aliphatic carbocycles. The molecule has 0 spiro atoms. The van der Waals surface area contributed by atoms with E-state index in [9.17, 15) is 0 Å². The fourth-order valence-corrected chi connectivity index (χ4v) is 3.54. The van der Waals surface area contributed by atoms with Crippen molar-refractivity contribution in [1.29, 1.82) is 0 Å². The minimum atomic E-state index is 0.153. The van der Waals surface area contributed by atoms with Crippen molar-refractivity contribution >= 4 is 0 Å². The molecule has 3 aromatic carbocycles. The molecule has 3 rings (SSSR count). The summed E-state index contributed by atoms with van der Waals surface area (Å²) < 4.78 is 6.15. The second-order valence-corrected chi connectivity index (χ2v) is 7.18. The van der Waals surface area contributed by atoms with Crippen LogP contribution in [0.5, 0.6) is 5.75 Å². The van der Waals surface area contributed by atoms with E-state index in [1.165, 1.54) is 38.9 Å². The van der Waals surface area contributed by atoms with E-state index in [4.69, 9.17) is 9.84 Å². The average molecular weight is 376 g/mol. The van der Waals surface area contributed by atoms with Crippen LogP contribution < -0.4 is 10.1 Å². The first-order valence-corrected chi connectivity index (χ1v) is 9.78. The molecule has 3 heteroatoms. The highest BCUT2D eigenvalue weighted by molar-refractivity contribution is 5.68. The molecular weight excluding hydrogens is 346 g/mol. The molecule has 0 aromatic heterocycles. The summed E-state index contributed by atoms with van der Waals surface area (Å²) in [4.78, 5) is 0. The van der Waals surface area contributed by atoms with Gasteiger partial charge in [-0.1, -0.05) is 48.5 Å². The third kappa shape index (κ3) is 4.80. The van der Waals surface area contributed by atoms with Crippen LogP contribution in [-0.2, 0) is 13.2 Å². The maximum Gasteiger partial charge on any atom is 0.120 e. The van der Waals surface area contributed by atoms with Crippen LogP contribution in [0.1, 0.15) is 27.8 Å². The Labute approximate surface area is 168 Å². The first-order valence-electron chi connectivity index (χ1n) is 9.78. The first kappa shape index (κ1) is 20.1. The summed E-state index contributed by atoms with van der Waals surface area (Å²) in [5, 5.41) is 12.2. The summed E-state index contributed by atoms with van der Waals surface area (Å²) in [5.74, 6) is 0.894. The number of ether oxygens (including phenoxy) is 1. The molecule has 0 aliphatic heterocycles. The molecular formula is C25H29NO2. The molecule has 2 N–H and O–H groups in total. The number of nitrogens with one attached hydrogen (secondary N) is 1. The van der Waals surface area contributed by atoms with Crippen LogP contribution in [0, 0.1) is 20.8 Å². The van der Waals surface area contributed by atoms with Crippen molar-refractivity contribution in [3.8, 4) is 16.9 Å². The third-order valence-corrected chi connectivity index (χ3v) is 5.19. The Balaban J connectivity index is 1.74. The van der Waals surface area contributed by atoms with Crippen molar-refractivity contribution < 1.29 is 9.84 Å². The maximum absolute atomic E-state index is 8.94. The predicted molar refractivity (Wildman–Crippen MR) is 116 cm³/mol. The summed E-state index contributed by atoms with van der Waals surface area (Å²) >= 11 is 0. The summed E-state index contributed by atoms with van der Waals surface area (Å²) in [6.45, 7) is 8.45. The van der Waals surface area contributed by atoms with Crippen molar-refractivity contribution in [2.75, 3.05) is 13.2 Å². The smallest absolute Gasteiger partial charge is 0.120 e. The zero-order valence-corrected chi connectivity index (χ0v) is 17.0. The van der Waals surface area contributed by atoms with E-state index < -0.39 is 0 Å². The number of rotatable bonds is 8. The Hall–Kier alpha value is -2.62. The Bertz CT molecular complexity index is 896. The molecule has 0 radical (unpaired) electrons. The Kier molecular flexibility index (Phi) is 6.85. The number of aryl methyl sites for hydroxylation is 2. The lowest BCUT2D eigenvalue weighted by molar-refractivity contribution is 0.291. The molecule has 0 saturated heterocycles. The van der Waals surface area contributed by atoms with Gasteiger partial charge in [0.05, 0.1) is 6.61 Å². The monoisotopic (exact) mass is 375 g/mol. The lowest BCUT2D eigenvalue weighted by atomic mass is 9.97. The molecule has 3 nitrogen and oxygen atoms in total. The zero-order chi connectivity index (χ0) is 19.9. The molecule has 146 valence electrons.